The fourth-order valence-electron chi connectivity index (χ4n) is 2.00. The molecule has 0 unspecified atom stereocenters. The van der Waals surface area contributed by atoms with E-state index in [0.717, 1.165) is 5.92 Å². The molecule has 2 rings (SSSR count). The van der Waals surface area contributed by atoms with Crippen LogP contribution in [-0.4, -0.2) is 0 Å². The molecule has 1 atom stereocenters. The first-order chi connectivity index (χ1) is 6.98. The Hall–Kier alpha value is -0.780. The lowest BCUT2D eigenvalue weighted by molar-refractivity contribution is 0.339. The minimum atomic E-state index is 0.363. The van der Waals surface area contributed by atoms with E-state index in [2.05, 4.69) is 52.0 Å². The summed E-state index contributed by atoms with van der Waals surface area (Å²) >= 11 is 0. The van der Waals surface area contributed by atoms with Crippen LogP contribution < -0.4 is 0 Å². The van der Waals surface area contributed by atoms with E-state index in [1.165, 1.54) is 18.4 Å². The Morgan fingerprint density at radius 2 is 1.87 bits per heavy atom. The van der Waals surface area contributed by atoms with Crippen molar-refractivity contribution in [2.45, 2.75) is 52.4 Å². The average molecular weight is 202 g/mol. The molecule has 0 nitrogen and oxygen atoms in total. The molecule has 15 heavy (non-hydrogen) atoms. The van der Waals surface area contributed by atoms with E-state index in [-0.39, 0.29) is 0 Å². The van der Waals surface area contributed by atoms with Crippen LogP contribution in [0, 0.1) is 5.41 Å². The minimum Gasteiger partial charge on any atom is -0.0617 e. The normalized spacial score (nSPS) is 18.9. The van der Waals surface area contributed by atoms with Crippen LogP contribution in [0.5, 0.6) is 0 Å². The van der Waals surface area contributed by atoms with Gasteiger partial charge in [0.05, 0.1) is 0 Å². The van der Waals surface area contributed by atoms with Crippen molar-refractivity contribution < 1.29 is 0 Å². The lowest BCUT2D eigenvalue weighted by atomic mass is 9.77. The maximum absolute atomic E-state index is 2.42. The van der Waals surface area contributed by atoms with Gasteiger partial charge in [0.1, 0.15) is 0 Å². The van der Waals surface area contributed by atoms with Gasteiger partial charge in [0.15, 0.2) is 0 Å². The Bertz CT molecular complexity index is 339. The van der Waals surface area contributed by atoms with Crippen LogP contribution in [-0.2, 0) is 0 Å². The Morgan fingerprint density at radius 1 is 1.20 bits per heavy atom. The van der Waals surface area contributed by atoms with Gasteiger partial charge in [0.25, 0.3) is 0 Å². The zero-order chi connectivity index (χ0) is 11.1. The predicted molar refractivity (Wildman–Crippen MR) is 66.3 cm³/mol. The van der Waals surface area contributed by atoms with Gasteiger partial charge < -0.3 is 0 Å². The molecule has 1 aliphatic rings. The Morgan fingerprint density at radius 3 is 2.40 bits per heavy atom. The van der Waals surface area contributed by atoms with Gasteiger partial charge in [-0.05, 0) is 41.2 Å². The molecule has 0 spiro atoms. The van der Waals surface area contributed by atoms with Crippen molar-refractivity contribution in [1.82, 2.24) is 0 Å². The second-order valence-corrected chi connectivity index (χ2v) is 6.03. The molecular formula is C15H22. The topological polar surface area (TPSA) is 0 Å². The van der Waals surface area contributed by atoms with Gasteiger partial charge in [-0.2, -0.15) is 0 Å². The molecule has 0 aromatic heterocycles. The van der Waals surface area contributed by atoms with Gasteiger partial charge in [-0.25, -0.2) is 0 Å². The maximum atomic E-state index is 2.42. The van der Waals surface area contributed by atoms with Crippen LogP contribution in [0.1, 0.15) is 63.5 Å². The van der Waals surface area contributed by atoms with Crippen LogP contribution in [0.3, 0.4) is 0 Å². The summed E-state index contributed by atoms with van der Waals surface area (Å²) < 4.78 is 0. The molecule has 1 aliphatic carbocycles. The zero-order valence-electron chi connectivity index (χ0n) is 10.4. The molecule has 0 N–H and O–H groups in total. The molecule has 0 saturated heterocycles. The van der Waals surface area contributed by atoms with Gasteiger partial charge >= 0.3 is 0 Å². The van der Waals surface area contributed by atoms with E-state index in [4.69, 9.17) is 0 Å². The zero-order valence-corrected chi connectivity index (χ0v) is 10.4. The highest BCUT2D eigenvalue weighted by Gasteiger charge is 2.26. The smallest absolute Gasteiger partial charge is 0.0142 e. The molecule has 0 radical (unpaired) electrons. The monoisotopic (exact) mass is 202 g/mol. The average Bonchev–Trinajstić information content (AvgIpc) is 2.98. The fraction of sp³-hybridized carbons (Fsp3) is 0.600. The van der Waals surface area contributed by atoms with Crippen molar-refractivity contribution in [2.24, 2.45) is 5.41 Å². The van der Waals surface area contributed by atoms with E-state index >= 15 is 0 Å². The van der Waals surface area contributed by atoms with Gasteiger partial charge in [-0.1, -0.05) is 52.0 Å². The highest BCUT2D eigenvalue weighted by Crippen LogP contribution is 2.42. The molecule has 1 saturated carbocycles. The third-order valence-electron chi connectivity index (χ3n) is 3.76. The van der Waals surface area contributed by atoms with Crippen LogP contribution in [0.25, 0.3) is 0 Å². The molecule has 0 aliphatic heterocycles. The maximum Gasteiger partial charge on any atom is -0.0142 e. The van der Waals surface area contributed by atoms with Crippen molar-refractivity contribution in [3.63, 3.8) is 0 Å². The molecule has 1 aromatic rings. The highest BCUT2D eigenvalue weighted by molar-refractivity contribution is 5.31. The molecule has 1 fully saturated rings. The van der Waals surface area contributed by atoms with Crippen molar-refractivity contribution in [1.29, 1.82) is 0 Å². The minimum absolute atomic E-state index is 0.363. The second kappa shape index (κ2) is 3.66. The number of benzene rings is 1. The molecule has 82 valence electrons. The van der Waals surface area contributed by atoms with Crippen molar-refractivity contribution in [2.75, 3.05) is 0 Å². The molecule has 0 amide bonds. The van der Waals surface area contributed by atoms with E-state index in [0.29, 0.717) is 11.3 Å². The van der Waals surface area contributed by atoms with E-state index < -0.39 is 0 Å². The second-order valence-electron chi connectivity index (χ2n) is 6.03. The Labute approximate surface area is 93.7 Å². The number of hydrogen-bond donors (Lipinski definition) is 0. The van der Waals surface area contributed by atoms with Crippen molar-refractivity contribution >= 4 is 0 Å². The van der Waals surface area contributed by atoms with Crippen molar-refractivity contribution in [3.8, 4) is 0 Å². The molecule has 0 heteroatoms. The van der Waals surface area contributed by atoms with Crippen LogP contribution >= 0.6 is 0 Å². The summed E-state index contributed by atoms with van der Waals surface area (Å²) in [5, 5.41) is 0. The van der Waals surface area contributed by atoms with Gasteiger partial charge in [-0.3, -0.25) is 0 Å². The van der Waals surface area contributed by atoms with Crippen LogP contribution in [0.4, 0.5) is 0 Å². The summed E-state index contributed by atoms with van der Waals surface area (Å²) in [6.07, 6.45) is 2.79. The molecule has 0 heterocycles. The van der Waals surface area contributed by atoms with Crippen LogP contribution in [0.15, 0.2) is 24.3 Å². The van der Waals surface area contributed by atoms with Crippen molar-refractivity contribution in [3.05, 3.63) is 35.4 Å². The first-order valence-corrected chi connectivity index (χ1v) is 6.08. The highest BCUT2D eigenvalue weighted by atomic mass is 14.3. The molecular weight excluding hydrogens is 180 g/mol. The lowest BCUT2D eigenvalue weighted by Gasteiger charge is -2.28. The quantitative estimate of drug-likeness (QED) is 0.651. The van der Waals surface area contributed by atoms with E-state index in [9.17, 15) is 0 Å². The Kier molecular flexibility index (Phi) is 2.62. The summed E-state index contributed by atoms with van der Waals surface area (Å²) in [4.78, 5) is 0. The summed E-state index contributed by atoms with van der Waals surface area (Å²) in [6, 6.07) is 9.22. The first-order valence-electron chi connectivity index (χ1n) is 6.08. The lowest BCUT2D eigenvalue weighted by Crippen LogP contribution is -2.15. The summed E-state index contributed by atoms with van der Waals surface area (Å²) in [7, 11) is 0. The van der Waals surface area contributed by atoms with E-state index in [1.54, 1.807) is 5.56 Å². The Balaban J connectivity index is 2.24. The first kappa shape index (κ1) is 10.7. The number of rotatable bonds is 2. The predicted octanol–water partition coefficient (Wildman–Crippen LogP) is 4.71. The van der Waals surface area contributed by atoms with Gasteiger partial charge in [-0.15, -0.1) is 0 Å². The van der Waals surface area contributed by atoms with Crippen LogP contribution in [0.2, 0.25) is 0 Å². The summed E-state index contributed by atoms with van der Waals surface area (Å²) in [5.41, 5.74) is 3.43. The van der Waals surface area contributed by atoms with Gasteiger partial charge in [0, 0.05) is 0 Å². The van der Waals surface area contributed by atoms with E-state index in [1.807, 2.05) is 0 Å². The third-order valence-corrected chi connectivity index (χ3v) is 3.76. The molecule has 1 aromatic carbocycles. The summed E-state index contributed by atoms with van der Waals surface area (Å²) in [6.45, 7) is 9.30. The largest absolute Gasteiger partial charge is 0.0617 e. The molecule has 0 bridgehead atoms. The third kappa shape index (κ3) is 2.42. The SMILES string of the molecule is C[C@@H](c1cccc(C2CC2)c1)C(C)(C)C. The standard InChI is InChI=1S/C15H22/c1-11(15(2,3)4)13-6-5-7-14(10-13)12-8-9-12/h5-7,10-12H,8-9H2,1-4H3/t11-/m0/s1. The fourth-order valence-corrected chi connectivity index (χ4v) is 2.00. The number of hydrogen-bond acceptors (Lipinski definition) is 0. The van der Waals surface area contributed by atoms with Gasteiger partial charge in [0.2, 0.25) is 0 Å². The summed E-state index contributed by atoms with van der Waals surface area (Å²) in [5.74, 6) is 1.51.